The second-order valence-electron chi connectivity index (χ2n) is 5.63. The van der Waals surface area contributed by atoms with E-state index in [-0.39, 0.29) is 5.97 Å². The molecule has 0 saturated carbocycles. The van der Waals surface area contributed by atoms with Crippen molar-refractivity contribution in [2.75, 3.05) is 7.11 Å². The van der Waals surface area contributed by atoms with Crippen LogP contribution in [-0.4, -0.2) is 18.1 Å². The van der Waals surface area contributed by atoms with Crippen molar-refractivity contribution in [2.24, 2.45) is 0 Å². The summed E-state index contributed by atoms with van der Waals surface area (Å²) in [4.78, 5) is 16.4. The third kappa shape index (κ3) is 4.32. The molecule has 3 heteroatoms. The molecule has 0 radical (unpaired) electrons. The molecule has 1 aliphatic heterocycles. The fourth-order valence-corrected chi connectivity index (χ4v) is 2.83. The fourth-order valence-electron chi connectivity index (χ4n) is 2.83. The van der Waals surface area contributed by atoms with Gasteiger partial charge in [0.2, 0.25) is 0 Å². The Hall–Kier alpha value is -1.38. The first-order valence-electron chi connectivity index (χ1n) is 7.88. The van der Waals surface area contributed by atoms with Gasteiger partial charge in [-0.25, -0.2) is 9.78 Å². The van der Waals surface area contributed by atoms with E-state index in [1.165, 1.54) is 45.6 Å². The zero-order chi connectivity index (χ0) is 14.2. The number of ether oxygens (including phenoxy) is 1. The minimum atomic E-state index is -0.297. The van der Waals surface area contributed by atoms with Crippen molar-refractivity contribution >= 4 is 5.97 Å². The Labute approximate surface area is 121 Å². The number of esters is 1. The monoisotopic (exact) mass is 275 g/mol. The molecule has 0 unspecified atom stereocenters. The number of aryl methyl sites for hydroxylation is 2. The van der Waals surface area contributed by atoms with Gasteiger partial charge in [-0.2, -0.15) is 0 Å². The zero-order valence-corrected chi connectivity index (χ0v) is 12.5. The largest absolute Gasteiger partial charge is 0.464 e. The molecule has 0 N–H and O–H groups in total. The molecule has 0 saturated heterocycles. The molecule has 20 heavy (non-hydrogen) atoms. The first-order chi connectivity index (χ1) is 9.81. The number of carbonyl (C=O) groups excluding carboxylic acids is 1. The number of methoxy groups -OCH3 is 1. The summed E-state index contributed by atoms with van der Waals surface area (Å²) in [5, 5.41) is 0. The van der Waals surface area contributed by atoms with Crippen LogP contribution in [-0.2, 0) is 17.6 Å². The summed E-state index contributed by atoms with van der Waals surface area (Å²) in [6, 6.07) is 4.15. The number of hydrogen-bond donors (Lipinski definition) is 0. The maximum atomic E-state index is 11.9. The van der Waals surface area contributed by atoms with E-state index in [0.29, 0.717) is 5.69 Å². The molecule has 2 bridgehead atoms. The van der Waals surface area contributed by atoms with E-state index < -0.39 is 0 Å². The molecular weight excluding hydrogens is 250 g/mol. The highest BCUT2D eigenvalue weighted by atomic mass is 16.5. The Morgan fingerprint density at radius 2 is 1.55 bits per heavy atom. The van der Waals surface area contributed by atoms with Gasteiger partial charge in [-0.05, 0) is 37.3 Å². The van der Waals surface area contributed by atoms with Crippen molar-refractivity contribution in [3.63, 3.8) is 0 Å². The number of carbonyl (C=O) groups is 1. The second kappa shape index (κ2) is 8.03. The number of rotatable bonds is 1. The molecule has 0 aromatic carbocycles. The van der Waals surface area contributed by atoms with Crippen molar-refractivity contribution in [2.45, 2.75) is 64.2 Å². The van der Waals surface area contributed by atoms with Crippen LogP contribution >= 0.6 is 0 Å². The van der Waals surface area contributed by atoms with Gasteiger partial charge < -0.3 is 4.74 Å². The molecule has 0 spiro atoms. The highest BCUT2D eigenvalue weighted by Gasteiger charge is 2.14. The Balaban J connectivity index is 2.17. The summed E-state index contributed by atoms with van der Waals surface area (Å²) in [5.74, 6) is -0.297. The van der Waals surface area contributed by atoms with Crippen LogP contribution in [0.2, 0.25) is 0 Å². The molecule has 2 heterocycles. The summed E-state index contributed by atoms with van der Waals surface area (Å²) in [6.45, 7) is 0. The topological polar surface area (TPSA) is 39.2 Å². The maximum absolute atomic E-state index is 11.9. The quantitative estimate of drug-likeness (QED) is 0.725. The van der Waals surface area contributed by atoms with Crippen molar-refractivity contribution in [1.29, 1.82) is 0 Å². The van der Waals surface area contributed by atoms with Gasteiger partial charge in [0.25, 0.3) is 0 Å². The van der Waals surface area contributed by atoms with E-state index in [0.717, 1.165) is 36.9 Å². The van der Waals surface area contributed by atoms with Crippen molar-refractivity contribution in [3.8, 4) is 0 Å². The summed E-state index contributed by atoms with van der Waals surface area (Å²) in [6.07, 6.45) is 12.0. The lowest BCUT2D eigenvalue weighted by molar-refractivity contribution is 0.0592. The van der Waals surface area contributed by atoms with Crippen LogP contribution < -0.4 is 0 Å². The van der Waals surface area contributed by atoms with Crippen LogP contribution in [0, 0.1) is 0 Å². The molecule has 1 aliphatic carbocycles. The number of fused-ring (bicyclic) bond motifs is 11. The molecule has 3 nitrogen and oxygen atoms in total. The van der Waals surface area contributed by atoms with Gasteiger partial charge in [-0.3, -0.25) is 0 Å². The van der Waals surface area contributed by atoms with Gasteiger partial charge in [-0.15, -0.1) is 0 Å². The van der Waals surface area contributed by atoms with Crippen LogP contribution in [0.1, 0.15) is 73.1 Å². The van der Waals surface area contributed by atoms with E-state index in [4.69, 9.17) is 4.74 Å². The van der Waals surface area contributed by atoms with Gasteiger partial charge >= 0.3 is 5.97 Å². The Kier molecular flexibility index (Phi) is 6.03. The predicted molar refractivity (Wildman–Crippen MR) is 79.9 cm³/mol. The zero-order valence-electron chi connectivity index (χ0n) is 12.5. The molecule has 1 aromatic heterocycles. The average Bonchev–Trinajstić information content (AvgIpc) is 2.49. The highest BCUT2D eigenvalue weighted by molar-refractivity contribution is 5.88. The third-order valence-corrected chi connectivity index (χ3v) is 4.04. The van der Waals surface area contributed by atoms with Gasteiger partial charge in [0.1, 0.15) is 0 Å². The smallest absolute Gasteiger partial charge is 0.356 e. The molecule has 0 amide bonds. The molecule has 0 fully saturated rings. The maximum Gasteiger partial charge on any atom is 0.356 e. The molecule has 2 aliphatic rings. The SMILES string of the molecule is COC(=O)c1nc2ccc1CCCCCCCCCC2. The Bertz CT molecular complexity index is 443. The Morgan fingerprint density at radius 3 is 2.20 bits per heavy atom. The van der Waals surface area contributed by atoms with Crippen LogP contribution in [0.15, 0.2) is 12.1 Å². The number of pyridine rings is 1. The fraction of sp³-hybridized carbons (Fsp3) is 0.647. The lowest BCUT2D eigenvalue weighted by atomic mass is 10.0. The van der Waals surface area contributed by atoms with Crippen LogP contribution in [0.4, 0.5) is 0 Å². The van der Waals surface area contributed by atoms with Gasteiger partial charge in [0, 0.05) is 5.69 Å². The van der Waals surface area contributed by atoms with E-state index in [1.54, 1.807) is 0 Å². The summed E-state index contributed by atoms with van der Waals surface area (Å²) in [5.41, 5.74) is 2.59. The Morgan fingerprint density at radius 1 is 0.950 bits per heavy atom. The molecular formula is C17H25NO2. The molecule has 110 valence electrons. The van der Waals surface area contributed by atoms with Crippen molar-refractivity contribution in [1.82, 2.24) is 4.98 Å². The minimum absolute atomic E-state index is 0.297. The highest BCUT2D eigenvalue weighted by Crippen LogP contribution is 2.17. The van der Waals surface area contributed by atoms with E-state index in [1.807, 2.05) is 0 Å². The standard InChI is InChI=1S/C17H25NO2/c1-20-17(19)16-14-10-8-6-4-2-3-5-7-9-11-15(18-16)13-12-14/h12-13H,2-11H2,1H3. The van der Waals surface area contributed by atoms with Crippen molar-refractivity contribution in [3.05, 3.63) is 29.1 Å². The van der Waals surface area contributed by atoms with Crippen LogP contribution in [0.5, 0.6) is 0 Å². The lowest BCUT2D eigenvalue weighted by Crippen LogP contribution is -2.11. The van der Waals surface area contributed by atoms with Gasteiger partial charge in [0.15, 0.2) is 5.69 Å². The number of hydrogen-bond acceptors (Lipinski definition) is 3. The lowest BCUT2D eigenvalue weighted by Gasteiger charge is -2.11. The predicted octanol–water partition coefficient (Wildman–Crippen LogP) is 4.09. The normalized spacial score (nSPS) is 17.4. The van der Waals surface area contributed by atoms with E-state index in [2.05, 4.69) is 17.1 Å². The van der Waals surface area contributed by atoms with E-state index >= 15 is 0 Å². The second-order valence-corrected chi connectivity index (χ2v) is 5.63. The summed E-state index contributed by atoms with van der Waals surface area (Å²) in [7, 11) is 1.43. The van der Waals surface area contributed by atoms with Crippen LogP contribution in [0.3, 0.4) is 0 Å². The first-order valence-corrected chi connectivity index (χ1v) is 7.88. The molecule has 0 atom stereocenters. The van der Waals surface area contributed by atoms with Crippen LogP contribution in [0.25, 0.3) is 0 Å². The first kappa shape index (κ1) is 15.0. The summed E-state index contributed by atoms with van der Waals surface area (Å²) >= 11 is 0. The average molecular weight is 275 g/mol. The van der Waals surface area contributed by atoms with Gasteiger partial charge in [-0.1, -0.05) is 44.6 Å². The third-order valence-electron chi connectivity index (χ3n) is 4.04. The molecule has 3 rings (SSSR count). The minimum Gasteiger partial charge on any atom is -0.464 e. The van der Waals surface area contributed by atoms with E-state index in [9.17, 15) is 4.79 Å². The van der Waals surface area contributed by atoms with Crippen molar-refractivity contribution < 1.29 is 9.53 Å². The number of aromatic nitrogens is 1. The summed E-state index contributed by atoms with van der Waals surface area (Å²) < 4.78 is 4.87. The molecule has 1 aromatic rings. The van der Waals surface area contributed by atoms with Gasteiger partial charge in [0.05, 0.1) is 7.11 Å². The number of nitrogens with zero attached hydrogens (tertiary/aromatic N) is 1.